The Morgan fingerprint density at radius 2 is 1.97 bits per heavy atom. The minimum atomic E-state index is -3.93. The molecule has 0 unspecified atom stereocenters. The predicted molar refractivity (Wildman–Crippen MR) is 110 cm³/mol. The van der Waals surface area contributed by atoms with Gasteiger partial charge in [-0.15, -0.1) is 0 Å². The number of anilines is 1. The first-order valence-corrected chi connectivity index (χ1v) is 10.8. The molecule has 1 fully saturated rings. The van der Waals surface area contributed by atoms with Crippen molar-refractivity contribution >= 4 is 15.7 Å². The minimum Gasteiger partial charge on any atom is -0.497 e. The number of methoxy groups -OCH3 is 2. The molecular weight excluding hydrogens is 408 g/mol. The fraction of sp³-hybridized carbons (Fsp3) is 0.300. The predicted octanol–water partition coefficient (Wildman–Crippen LogP) is 2.69. The molecule has 2 aromatic carbocycles. The van der Waals surface area contributed by atoms with Crippen LogP contribution >= 0.6 is 0 Å². The summed E-state index contributed by atoms with van der Waals surface area (Å²) in [7, 11) is -0.877. The van der Waals surface area contributed by atoms with E-state index < -0.39 is 10.0 Å². The van der Waals surface area contributed by atoms with Crippen molar-refractivity contribution in [2.45, 2.75) is 30.2 Å². The second kappa shape index (κ2) is 7.96. The number of nitrogens with two attached hydrogens (primary N) is 1. The third kappa shape index (κ3) is 4.10. The molecule has 1 heterocycles. The van der Waals surface area contributed by atoms with E-state index in [0.717, 1.165) is 12.8 Å². The Hall–Kier alpha value is -3.11. The number of hydrogen-bond acceptors (Lipinski definition) is 8. The van der Waals surface area contributed by atoms with E-state index in [0.29, 0.717) is 34.2 Å². The lowest BCUT2D eigenvalue weighted by Gasteiger charge is -2.13. The number of hydrogen-bond donors (Lipinski definition) is 2. The quantitative estimate of drug-likeness (QED) is 0.522. The Balaban J connectivity index is 1.63. The van der Waals surface area contributed by atoms with Gasteiger partial charge in [0, 0.05) is 35.3 Å². The van der Waals surface area contributed by atoms with Crippen LogP contribution in [0, 0.1) is 0 Å². The lowest BCUT2D eigenvalue weighted by molar-refractivity contribution is 0.380. The van der Waals surface area contributed by atoms with Gasteiger partial charge < -0.3 is 19.7 Å². The molecule has 1 saturated carbocycles. The highest BCUT2D eigenvalue weighted by Gasteiger charge is 2.31. The van der Waals surface area contributed by atoms with Crippen LogP contribution in [0.5, 0.6) is 11.5 Å². The van der Waals surface area contributed by atoms with Gasteiger partial charge >= 0.3 is 0 Å². The van der Waals surface area contributed by atoms with E-state index in [1.807, 2.05) is 0 Å². The summed E-state index contributed by atoms with van der Waals surface area (Å²) >= 11 is 0. The van der Waals surface area contributed by atoms with Gasteiger partial charge in [0.05, 0.1) is 19.1 Å². The zero-order valence-electron chi connectivity index (χ0n) is 16.6. The average molecular weight is 430 g/mol. The van der Waals surface area contributed by atoms with Crippen molar-refractivity contribution in [3.8, 4) is 22.9 Å². The Labute approximate surface area is 174 Å². The van der Waals surface area contributed by atoms with E-state index in [4.69, 9.17) is 19.7 Å². The van der Waals surface area contributed by atoms with E-state index >= 15 is 0 Å². The number of nitrogen functional groups attached to an aromatic ring is 1. The molecule has 0 aliphatic heterocycles. The van der Waals surface area contributed by atoms with Gasteiger partial charge in [0.1, 0.15) is 11.5 Å². The highest BCUT2D eigenvalue weighted by atomic mass is 32.2. The summed E-state index contributed by atoms with van der Waals surface area (Å²) in [4.78, 5) is 4.35. The zero-order valence-corrected chi connectivity index (χ0v) is 17.4. The molecule has 0 saturated heterocycles. The smallest absolute Gasteiger partial charge is 0.241 e. The molecule has 158 valence electrons. The Bertz CT molecular complexity index is 1170. The van der Waals surface area contributed by atoms with Crippen molar-refractivity contribution in [1.29, 1.82) is 0 Å². The fourth-order valence-electron chi connectivity index (χ4n) is 3.04. The van der Waals surface area contributed by atoms with Crippen molar-refractivity contribution < 1.29 is 22.4 Å². The second-order valence-corrected chi connectivity index (χ2v) is 8.72. The SMILES string of the molecule is COc1ccc(CNS(=O)(=O)c2cc(N)ccc2-c2noc(C3CC3)n2)c(OC)c1. The van der Waals surface area contributed by atoms with E-state index in [9.17, 15) is 8.42 Å². The van der Waals surface area contributed by atoms with Crippen LogP contribution in [-0.4, -0.2) is 32.8 Å². The van der Waals surface area contributed by atoms with Crippen LogP contribution in [-0.2, 0) is 16.6 Å². The molecule has 1 aliphatic carbocycles. The van der Waals surface area contributed by atoms with Gasteiger partial charge in [0.25, 0.3) is 0 Å². The summed E-state index contributed by atoms with van der Waals surface area (Å²) in [5, 5.41) is 3.96. The fourth-order valence-corrected chi connectivity index (χ4v) is 4.28. The van der Waals surface area contributed by atoms with Gasteiger partial charge in [-0.1, -0.05) is 11.2 Å². The van der Waals surface area contributed by atoms with Crippen molar-refractivity contribution in [2.75, 3.05) is 20.0 Å². The van der Waals surface area contributed by atoms with Gasteiger partial charge in [-0.3, -0.25) is 0 Å². The van der Waals surface area contributed by atoms with Gasteiger partial charge in [-0.2, -0.15) is 4.98 Å². The maximum atomic E-state index is 13.1. The largest absolute Gasteiger partial charge is 0.497 e. The molecule has 0 bridgehead atoms. The maximum absolute atomic E-state index is 13.1. The summed E-state index contributed by atoms with van der Waals surface area (Å²) in [5.41, 5.74) is 7.16. The second-order valence-electron chi connectivity index (χ2n) is 6.99. The Morgan fingerprint density at radius 3 is 2.67 bits per heavy atom. The summed E-state index contributed by atoms with van der Waals surface area (Å²) in [6, 6.07) is 9.73. The van der Waals surface area contributed by atoms with E-state index in [2.05, 4.69) is 14.9 Å². The lowest BCUT2D eigenvalue weighted by Crippen LogP contribution is -2.24. The molecule has 0 radical (unpaired) electrons. The lowest BCUT2D eigenvalue weighted by atomic mass is 10.2. The van der Waals surface area contributed by atoms with E-state index in [1.54, 1.807) is 37.4 Å². The number of nitrogens with zero attached hydrogens (tertiary/aromatic N) is 2. The van der Waals surface area contributed by atoms with Gasteiger partial charge in [-0.25, -0.2) is 13.1 Å². The van der Waals surface area contributed by atoms with Crippen molar-refractivity contribution in [1.82, 2.24) is 14.9 Å². The number of rotatable bonds is 8. The normalized spacial score (nSPS) is 13.9. The number of nitrogens with one attached hydrogen (secondary N) is 1. The number of aromatic nitrogens is 2. The molecule has 0 amide bonds. The summed E-state index contributed by atoms with van der Waals surface area (Å²) in [5.74, 6) is 2.14. The highest BCUT2D eigenvalue weighted by Crippen LogP contribution is 2.40. The molecule has 4 rings (SSSR count). The van der Waals surface area contributed by atoms with Gasteiger partial charge in [0.15, 0.2) is 0 Å². The first-order chi connectivity index (χ1) is 14.4. The molecule has 10 heteroatoms. The minimum absolute atomic E-state index is 0.0156. The molecular formula is C20H22N4O5S. The Kier molecular flexibility index (Phi) is 5.35. The van der Waals surface area contributed by atoms with Gasteiger partial charge in [0.2, 0.25) is 21.7 Å². The highest BCUT2D eigenvalue weighted by molar-refractivity contribution is 7.89. The van der Waals surface area contributed by atoms with Crippen LogP contribution in [0.1, 0.15) is 30.2 Å². The van der Waals surface area contributed by atoms with Crippen molar-refractivity contribution in [2.24, 2.45) is 0 Å². The first kappa shape index (κ1) is 20.2. The topological polar surface area (TPSA) is 130 Å². The first-order valence-electron chi connectivity index (χ1n) is 9.35. The number of sulfonamides is 1. The molecule has 1 aromatic heterocycles. The van der Waals surface area contributed by atoms with Crippen LogP contribution in [0.3, 0.4) is 0 Å². The number of ether oxygens (including phenoxy) is 2. The zero-order chi connectivity index (χ0) is 21.3. The summed E-state index contributed by atoms with van der Waals surface area (Å²) in [6.07, 6.45) is 2.00. The third-order valence-corrected chi connectivity index (χ3v) is 6.29. The Morgan fingerprint density at radius 1 is 1.17 bits per heavy atom. The van der Waals surface area contributed by atoms with Crippen LogP contribution in [0.4, 0.5) is 5.69 Å². The third-order valence-electron chi connectivity index (χ3n) is 4.85. The summed E-state index contributed by atoms with van der Waals surface area (Å²) < 4.78 is 44.6. The van der Waals surface area contributed by atoms with Crippen LogP contribution in [0.25, 0.3) is 11.4 Å². The van der Waals surface area contributed by atoms with Crippen LogP contribution < -0.4 is 19.9 Å². The average Bonchev–Trinajstić information content (AvgIpc) is 3.49. The molecule has 0 atom stereocenters. The molecule has 0 spiro atoms. The molecule has 3 aromatic rings. The summed E-state index contributed by atoms with van der Waals surface area (Å²) in [6.45, 7) is 0.0172. The number of benzene rings is 2. The molecule has 1 aliphatic rings. The van der Waals surface area contributed by atoms with E-state index in [1.165, 1.54) is 13.2 Å². The molecule has 9 nitrogen and oxygen atoms in total. The van der Waals surface area contributed by atoms with E-state index in [-0.39, 0.29) is 23.2 Å². The van der Waals surface area contributed by atoms with Crippen molar-refractivity contribution in [3.05, 3.63) is 47.9 Å². The van der Waals surface area contributed by atoms with Crippen LogP contribution in [0.15, 0.2) is 45.8 Å². The molecule has 3 N–H and O–H groups in total. The maximum Gasteiger partial charge on any atom is 0.241 e. The molecule has 30 heavy (non-hydrogen) atoms. The van der Waals surface area contributed by atoms with Crippen molar-refractivity contribution in [3.63, 3.8) is 0 Å². The monoisotopic (exact) mass is 430 g/mol. The van der Waals surface area contributed by atoms with Gasteiger partial charge in [-0.05, 0) is 37.1 Å². The standard InChI is InChI=1S/C20H22N4O5S/c1-27-15-7-5-13(17(10-15)28-2)11-22-30(25,26)18-9-14(21)6-8-16(18)19-23-20(29-24-19)12-3-4-12/h5-10,12,22H,3-4,11,21H2,1-2H3. The van der Waals surface area contributed by atoms with Crippen LogP contribution in [0.2, 0.25) is 0 Å².